The van der Waals surface area contributed by atoms with Gasteiger partial charge < -0.3 is 14.8 Å². The highest BCUT2D eigenvalue weighted by atomic mass is 16.5. The van der Waals surface area contributed by atoms with Crippen molar-refractivity contribution in [1.82, 2.24) is 5.32 Å². The van der Waals surface area contributed by atoms with Gasteiger partial charge in [-0.2, -0.15) is 0 Å². The van der Waals surface area contributed by atoms with Gasteiger partial charge in [0.25, 0.3) is 5.91 Å². The largest absolute Gasteiger partial charge is 0.484 e. The lowest BCUT2D eigenvalue weighted by Crippen LogP contribution is -2.34. The minimum atomic E-state index is -0.488. The number of para-hydroxylation sites is 1. The van der Waals surface area contributed by atoms with Crippen molar-refractivity contribution in [2.45, 2.75) is 32.8 Å². The van der Waals surface area contributed by atoms with Crippen LogP contribution in [0.2, 0.25) is 0 Å². The number of carbonyl (C=O) groups is 2. The second-order valence-electron chi connectivity index (χ2n) is 6.99. The molecule has 0 saturated heterocycles. The maximum atomic E-state index is 11.7. The Morgan fingerprint density at radius 1 is 0.962 bits per heavy atom. The molecule has 0 aromatic heterocycles. The SMILES string of the molecule is CC(C)(C)c1ccc(COC(=O)CNC(=O)COc2ccccc2)cc1. The fraction of sp³-hybridized carbons (Fsp3) is 0.333. The molecule has 5 heteroatoms. The molecule has 26 heavy (non-hydrogen) atoms. The van der Waals surface area contributed by atoms with E-state index in [-0.39, 0.29) is 31.1 Å². The number of nitrogens with one attached hydrogen (secondary N) is 1. The maximum Gasteiger partial charge on any atom is 0.325 e. The molecule has 0 atom stereocenters. The first kappa shape index (κ1) is 19.5. The number of amides is 1. The van der Waals surface area contributed by atoms with E-state index in [9.17, 15) is 9.59 Å². The van der Waals surface area contributed by atoms with Crippen molar-refractivity contribution < 1.29 is 19.1 Å². The summed E-state index contributed by atoms with van der Waals surface area (Å²) in [5.74, 6) is -0.262. The Bertz CT molecular complexity index is 718. The van der Waals surface area contributed by atoms with Gasteiger partial charge in [-0.15, -0.1) is 0 Å². The van der Waals surface area contributed by atoms with Crippen LogP contribution in [0.25, 0.3) is 0 Å². The first-order valence-electron chi connectivity index (χ1n) is 8.54. The molecule has 2 aromatic rings. The van der Waals surface area contributed by atoms with E-state index in [1.165, 1.54) is 5.56 Å². The molecule has 0 unspecified atom stereocenters. The van der Waals surface area contributed by atoms with Gasteiger partial charge in [0.2, 0.25) is 0 Å². The van der Waals surface area contributed by atoms with Crippen molar-refractivity contribution in [2.24, 2.45) is 0 Å². The summed E-state index contributed by atoms with van der Waals surface area (Å²) < 4.78 is 10.5. The van der Waals surface area contributed by atoms with Crippen LogP contribution in [0, 0.1) is 0 Å². The van der Waals surface area contributed by atoms with Gasteiger partial charge in [0.05, 0.1) is 0 Å². The Morgan fingerprint density at radius 2 is 1.62 bits per heavy atom. The Balaban J connectivity index is 1.67. The van der Waals surface area contributed by atoms with Crippen molar-refractivity contribution in [3.05, 3.63) is 65.7 Å². The predicted octanol–water partition coefficient (Wildman–Crippen LogP) is 3.22. The van der Waals surface area contributed by atoms with E-state index < -0.39 is 5.97 Å². The summed E-state index contributed by atoms with van der Waals surface area (Å²) in [6.07, 6.45) is 0. The molecule has 1 N–H and O–H groups in total. The number of esters is 1. The van der Waals surface area contributed by atoms with E-state index in [4.69, 9.17) is 9.47 Å². The summed E-state index contributed by atoms with van der Waals surface area (Å²) in [5, 5.41) is 2.48. The zero-order chi connectivity index (χ0) is 19.0. The summed E-state index contributed by atoms with van der Waals surface area (Å²) in [4.78, 5) is 23.4. The van der Waals surface area contributed by atoms with Crippen molar-refractivity contribution >= 4 is 11.9 Å². The van der Waals surface area contributed by atoms with Crippen molar-refractivity contribution in [3.63, 3.8) is 0 Å². The van der Waals surface area contributed by atoms with Crippen molar-refractivity contribution in [1.29, 1.82) is 0 Å². The lowest BCUT2D eigenvalue weighted by molar-refractivity contribution is -0.145. The number of carbonyl (C=O) groups excluding carboxylic acids is 2. The molecule has 2 rings (SSSR count). The molecule has 0 aliphatic rings. The van der Waals surface area contributed by atoms with Crippen LogP contribution >= 0.6 is 0 Å². The summed E-state index contributed by atoms with van der Waals surface area (Å²) in [5.41, 5.74) is 2.21. The fourth-order valence-corrected chi connectivity index (χ4v) is 2.20. The molecular weight excluding hydrogens is 330 g/mol. The van der Waals surface area contributed by atoms with Gasteiger partial charge in [0.1, 0.15) is 18.9 Å². The summed E-state index contributed by atoms with van der Waals surface area (Å²) in [7, 11) is 0. The molecule has 0 aliphatic carbocycles. The highest BCUT2D eigenvalue weighted by molar-refractivity contribution is 5.82. The standard InChI is InChI=1S/C21H25NO4/c1-21(2,3)17-11-9-16(10-12-17)14-26-20(24)13-22-19(23)15-25-18-7-5-4-6-8-18/h4-12H,13-15H2,1-3H3,(H,22,23). The zero-order valence-corrected chi connectivity index (χ0v) is 15.5. The van der Waals surface area contributed by atoms with E-state index in [2.05, 4.69) is 26.1 Å². The van der Waals surface area contributed by atoms with Crippen molar-refractivity contribution in [2.75, 3.05) is 13.2 Å². The minimum absolute atomic E-state index is 0.0846. The third kappa shape index (κ3) is 6.59. The molecule has 0 heterocycles. The second kappa shape index (κ2) is 9.04. The topological polar surface area (TPSA) is 64.6 Å². The quantitative estimate of drug-likeness (QED) is 0.775. The molecule has 2 aromatic carbocycles. The summed E-state index contributed by atoms with van der Waals surface area (Å²) >= 11 is 0. The number of ether oxygens (including phenoxy) is 2. The van der Waals surface area contributed by atoms with Crippen LogP contribution < -0.4 is 10.1 Å². The van der Waals surface area contributed by atoms with E-state index >= 15 is 0 Å². The van der Waals surface area contributed by atoms with Gasteiger partial charge in [-0.1, -0.05) is 63.2 Å². The molecule has 0 fully saturated rings. The van der Waals surface area contributed by atoms with Gasteiger partial charge in [-0.3, -0.25) is 9.59 Å². The first-order chi connectivity index (χ1) is 12.3. The zero-order valence-electron chi connectivity index (χ0n) is 15.5. The van der Waals surface area contributed by atoms with E-state index in [1.807, 2.05) is 42.5 Å². The lowest BCUT2D eigenvalue weighted by atomic mass is 9.87. The van der Waals surface area contributed by atoms with E-state index in [0.29, 0.717) is 5.75 Å². The molecule has 0 aliphatic heterocycles. The molecule has 0 radical (unpaired) electrons. The van der Waals surface area contributed by atoms with Gasteiger partial charge in [-0.25, -0.2) is 0 Å². The van der Waals surface area contributed by atoms with Crippen LogP contribution in [0.3, 0.4) is 0 Å². The van der Waals surface area contributed by atoms with Crippen LogP contribution in [0.5, 0.6) is 5.75 Å². The van der Waals surface area contributed by atoms with Crippen LogP contribution in [0.15, 0.2) is 54.6 Å². The smallest absolute Gasteiger partial charge is 0.325 e. The van der Waals surface area contributed by atoms with Crippen LogP contribution in [-0.2, 0) is 26.3 Å². The Kier molecular flexibility index (Phi) is 6.78. The monoisotopic (exact) mass is 355 g/mol. The summed E-state index contributed by atoms with van der Waals surface area (Å²) in [6.45, 7) is 6.28. The number of benzene rings is 2. The molecule has 1 amide bonds. The van der Waals surface area contributed by atoms with Gasteiger partial charge in [-0.05, 0) is 28.7 Å². The normalized spacial score (nSPS) is 10.9. The molecular formula is C21H25NO4. The lowest BCUT2D eigenvalue weighted by Gasteiger charge is -2.19. The van der Waals surface area contributed by atoms with Crippen LogP contribution in [0.1, 0.15) is 31.9 Å². The maximum absolute atomic E-state index is 11.7. The first-order valence-corrected chi connectivity index (χ1v) is 8.54. The van der Waals surface area contributed by atoms with Gasteiger partial charge >= 0.3 is 5.97 Å². The molecule has 0 saturated carbocycles. The molecule has 5 nitrogen and oxygen atoms in total. The van der Waals surface area contributed by atoms with Gasteiger partial charge in [0, 0.05) is 0 Å². The highest BCUT2D eigenvalue weighted by Gasteiger charge is 2.13. The average Bonchev–Trinajstić information content (AvgIpc) is 2.63. The van der Waals surface area contributed by atoms with Crippen LogP contribution in [-0.4, -0.2) is 25.0 Å². The second-order valence-corrected chi connectivity index (χ2v) is 6.99. The third-order valence-electron chi connectivity index (χ3n) is 3.76. The van der Waals surface area contributed by atoms with Crippen LogP contribution in [0.4, 0.5) is 0 Å². The third-order valence-corrected chi connectivity index (χ3v) is 3.76. The molecule has 0 spiro atoms. The highest BCUT2D eigenvalue weighted by Crippen LogP contribution is 2.22. The van der Waals surface area contributed by atoms with E-state index in [0.717, 1.165) is 5.56 Å². The predicted molar refractivity (Wildman–Crippen MR) is 99.9 cm³/mol. The van der Waals surface area contributed by atoms with Gasteiger partial charge in [0.15, 0.2) is 6.61 Å². The fourth-order valence-electron chi connectivity index (χ4n) is 2.20. The molecule has 0 bridgehead atoms. The average molecular weight is 355 g/mol. The number of hydrogen-bond acceptors (Lipinski definition) is 4. The minimum Gasteiger partial charge on any atom is -0.484 e. The number of rotatable bonds is 7. The Morgan fingerprint density at radius 3 is 2.23 bits per heavy atom. The Hall–Kier alpha value is -2.82. The Labute approximate surface area is 154 Å². The van der Waals surface area contributed by atoms with Crippen molar-refractivity contribution in [3.8, 4) is 5.75 Å². The number of hydrogen-bond donors (Lipinski definition) is 1. The molecule has 138 valence electrons. The summed E-state index contributed by atoms with van der Waals surface area (Å²) in [6, 6.07) is 17.0. The van der Waals surface area contributed by atoms with E-state index in [1.54, 1.807) is 12.1 Å².